The van der Waals surface area contributed by atoms with Crippen LogP contribution in [0.3, 0.4) is 0 Å². The normalized spacial score (nSPS) is 5.60. The summed E-state index contributed by atoms with van der Waals surface area (Å²) in [7, 11) is 0. The highest BCUT2D eigenvalue weighted by molar-refractivity contribution is 5.98. The van der Waals surface area contributed by atoms with Gasteiger partial charge in [0.2, 0.25) is 5.78 Å². The molecule has 0 spiro atoms. The smallest absolute Gasteiger partial charge is 0.205 e. The number of hydrogen-bond donors (Lipinski definition) is 0. The SMILES string of the molecule is C#CC([CH2])=O. The van der Waals surface area contributed by atoms with Crippen molar-refractivity contribution >= 4 is 5.78 Å². The summed E-state index contributed by atoms with van der Waals surface area (Å²) in [5, 5.41) is 0. The van der Waals surface area contributed by atoms with Gasteiger partial charge in [0.1, 0.15) is 0 Å². The van der Waals surface area contributed by atoms with Crippen molar-refractivity contribution in [2.24, 2.45) is 0 Å². The Balaban J connectivity index is 3.35. The Hall–Kier alpha value is -0.770. The van der Waals surface area contributed by atoms with Crippen molar-refractivity contribution in [1.29, 1.82) is 0 Å². The van der Waals surface area contributed by atoms with Crippen LogP contribution in [0.1, 0.15) is 0 Å². The molecule has 1 heteroatoms. The molecule has 0 aromatic heterocycles. The van der Waals surface area contributed by atoms with Crippen LogP contribution in [0.2, 0.25) is 0 Å². The minimum atomic E-state index is -0.468. The van der Waals surface area contributed by atoms with E-state index in [1.807, 2.05) is 0 Å². The average molecular weight is 67.1 g/mol. The maximum atomic E-state index is 9.47. The Morgan fingerprint density at radius 2 is 2.20 bits per heavy atom. The molecule has 0 N–H and O–H groups in total. The van der Waals surface area contributed by atoms with Crippen LogP contribution in [0.4, 0.5) is 0 Å². The number of Topliss-reactive ketones (excluding diaryl/α,β-unsaturated/α-hetero) is 1. The fraction of sp³-hybridized carbons (Fsp3) is 0. The monoisotopic (exact) mass is 67.0 g/mol. The molecule has 0 atom stereocenters. The van der Waals surface area contributed by atoms with Crippen LogP contribution in [0.15, 0.2) is 0 Å². The molecule has 0 unspecified atom stereocenters. The molecular formula is C4H3O. The van der Waals surface area contributed by atoms with Crippen molar-refractivity contribution < 1.29 is 4.79 Å². The lowest BCUT2D eigenvalue weighted by Crippen LogP contribution is -1.76. The second kappa shape index (κ2) is 1.54. The molecule has 0 aromatic carbocycles. The Kier molecular flexibility index (Phi) is 1.30. The standard InChI is InChI=1S/C4H3O/c1-3-4(2)5/h1H,2H2. The number of hydrogen-bond acceptors (Lipinski definition) is 1. The van der Waals surface area contributed by atoms with E-state index in [1.165, 1.54) is 0 Å². The second-order valence-electron chi connectivity index (χ2n) is 0.568. The summed E-state index contributed by atoms with van der Waals surface area (Å²) in [5.74, 6) is 1.31. The number of carbonyl (C=O) groups excluding carboxylic acids is 1. The molecule has 1 nitrogen and oxygen atoms in total. The molecule has 5 heavy (non-hydrogen) atoms. The molecule has 0 aliphatic rings. The van der Waals surface area contributed by atoms with E-state index in [1.54, 1.807) is 5.92 Å². The first kappa shape index (κ1) is 4.23. The van der Waals surface area contributed by atoms with E-state index < -0.39 is 5.78 Å². The molecule has 0 saturated heterocycles. The van der Waals surface area contributed by atoms with Crippen molar-refractivity contribution in [2.75, 3.05) is 0 Å². The molecule has 0 amide bonds. The molecule has 0 bridgehead atoms. The van der Waals surface area contributed by atoms with Gasteiger partial charge in [0, 0.05) is 6.92 Å². The van der Waals surface area contributed by atoms with Crippen LogP contribution in [0, 0.1) is 19.3 Å². The summed E-state index contributed by atoms with van der Waals surface area (Å²) in [6, 6.07) is 0. The van der Waals surface area contributed by atoms with Crippen molar-refractivity contribution in [1.82, 2.24) is 0 Å². The van der Waals surface area contributed by atoms with Gasteiger partial charge >= 0.3 is 0 Å². The van der Waals surface area contributed by atoms with Gasteiger partial charge in [-0.1, -0.05) is 0 Å². The second-order valence-corrected chi connectivity index (χ2v) is 0.568. The molecule has 0 aliphatic carbocycles. The molecule has 25 valence electrons. The maximum absolute atomic E-state index is 9.47. The zero-order valence-electron chi connectivity index (χ0n) is 2.69. The van der Waals surface area contributed by atoms with Crippen LogP contribution >= 0.6 is 0 Å². The van der Waals surface area contributed by atoms with Crippen molar-refractivity contribution in [3.05, 3.63) is 6.92 Å². The van der Waals surface area contributed by atoms with E-state index in [0.717, 1.165) is 0 Å². The third-order valence-electron chi connectivity index (χ3n) is 0.161. The summed E-state index contributed by atoms with van der Waals surface area (Å²) in [6.07, 6.45) is 4.51. The van der Waals surface area contributed by atoms with Gasteiger partial charge in [-0.05, 0) is 5.92 Å². The van der Waals surface area contributed by atoms with Gasteiger partial charge in [0.05, 0.1) is 0 Å². The molecule has 0 heterocycles. The highest BCUT2D eigenvalue weighted by Gasteiger charge is 1.70. The van der Waals surface area contributed by atoms with Crippen molar-refractivity contribution in [3.63, 3.8) is 0 Å². The molecule has 0 rings (SSSR count). The number of terminal acetylenes is 1. The summed E-state index contributed by atoms with van der Waals surface area (Å²) in [5.41, 5.74) is 0. The Labute approximate surface area is 31.0 Å². The molecule has 0 fully saturated rings. The molecule has 0 saturated carbocycles. The predicted octanol–water partition coefficient (Wildman–Crippen LogP) is 0.0228. The average Bonchev–Trinajstić information content (AvgIpc) is 1.38. The van der Waals surface area contributed by atoms with E-state index in [-0.39, 0.29) is 0 Å². The van der Waals surface area contributed by atoms with Crippen LogP contribution < -0.4 is 0 Å². The number of ketones is 1. The van der Waals surface area contributed by atoms with E-state index in [4.69, 9.17) is 0 Å². The van der Waals surface area contributed by atoms with Crippen molar-refractivity contribution in [3.8, 4) is 12.3 Å². The first-order valence-corrected chi connectivity index (χ1v) is 1.10. The lowest BCUT2D eigenvalue weighted by Gasteiger charge is -1.57. The Bertz CT molecular complexity index is 76.1. The summed E-state index contributed by atoms with van der Waals surface area (Å²) in [6.45, 7) is 2.88. The van der Waals surface area contributed by atoms with E-state index in [9.17, 15) is 4.79 Å². The predicted molar refractivity (Wildman–Crippen MR) is 19.2 cm³/mol. The van der Waals surface area contributed by atoms with E-state index in [0.29, 0.717) is 0 Å². The molecular weight excluding hydrogens is 64.0 g/mol. The van der Waals surface area contributed by atoms with Gasteiger partial charge < -0.3 is 0 Å². The van der Waals surface area contributed by atoms with Gasteiger partial charge in [0.25, 0.3) is 0 Å². The Morgan fingerprint density at radius 3 is 2.20 bits per heavy atom. The highest BCUT2D eigenvalue weighted by atomic mass is 16.1. The maximum Gasteiger partial charge on any atom is 0.205 e. The van der Waals surface area contributed by atoms with Gasteiger partial charge in [-0.3, -0.25) is 4.79 Å². The number of carbonyl (C=O) groups is 1. The first-order chi connectivity index (χ1) is 2.27. The van der Waals surface area contributed by atoms with Crippen LogP contribution in [0.25, 0.3) is 0 Å². The zero-order chi connectivity index (χ0) is 4.28. The minimum absolute atomic E-state index is 0.468. The lowest BCUT2D eigenvalue weighted by molar-refractivity contribution is -0.109. The minimum Gasteiger partial charge on any atom is -0.285 e. The van der Waals surface area contributed by atoms with E-state index >= 15 is 0 Å². The van der Waals surface area contributed by atoms with Crippen LogP contribution in [-0.2, 0) is 4.79 Å². The van der Waals surface area contributed by atoms with E-state index in [2.05, 4.69) is 13.3 Å². The molecule has 1 radical (unpaired) electrons. The molecule has 0 aromatic rings. The van der Waals surface area contributed by atoms with Gasteiger partial charge in [-0.2, -0.15) is 0 Å². The first-order valence-electron chi connectivity index (χ1n) is 1.10. The topological polar surface area (TPSA) is 17.1 Å². The van der Waals surface area contributed by atoms with Gasteiger partial charge in [-0.25, -0.2) is 0 Å². The summed E-state index contributed by atoms with van der Waals surface area (Å²) < 4.78 is 0. The molecule has 0 aliphatic heterocycles. The van der Waals surface area contributed by atoms with Gasteiger partial charge in [-0.15, -0.1) is 6.42 Å². The third kappa shape index (κ3) is 3.23. The summed E-state index contributed by atoms with van der Waals surface area (Å²) >= 11 is 0. The lowest BCUT2D eigenvalue weighted by atomic mass is 10.5. The number of rotatable bonds is 0. The van der Waals surface area contributed by atoms with Crippen molar-refractivity contribution in [2.45, 2.75) is 0 Å². The quantitative estimate of drug-likeness (QED) is 0.288. The highest BCUT2D eigenvalue weighted by Crippen LogP contribution is 1.51. The third-order valence-corrected chi connectivity index (χ3v) is 0.161. The zero-order valence-corrected chi connectivity index (χ0v) is 2.69. The fourth-order valence-corrected chi connectivity index (χ4v) is 0. The fourth-order valence-electron chi connectivity index (χ4n) is 0. The van der Waals surface area contributed by atoms with Crippen LogP contribution in [-0.4, -0.2) is 5.78 Å². The summed E-state index contributed by atoms with van der Waals surface area (Å²) in [4.78, 5) is 9.47. The van der Waals surface area contributed by atoms with Gasteiger partial charge in [0.15, 0.2) is 0 Å². The Morgan fingerprint density at radius 1 is 2.00 bits per heavy atom. The largest absolute Gasteiger partial charge is 0.285 e. The van der Waals surface area contributed by atoms with Crippen LogP contribution in [0.5, 0.6) is 0 Å².